The highest BCUT2D eigenvalue weighted by atomic mass is 16.6. The number of fused-ring (bicyclic) bond motifs is 2. The van der Waals surface area contributed by atoms with Gasteiger partial charge in [0.15, 0.2) is 0 Å². The number of ether oxygens (including phenoxy) is 2. The summed E-state index contributed by atoms with van der Waals surface area (Å²) in [6.07, 6.45) is 2.79. The van der Waals surface area contributed by atoms with Crippen LogP contribution in [0.4, 0.5) is 16.3 Å². The molecule has 1 amide bonds. The molecule has 0 bridgehead atoms. The van der Waals surface area contributed by atoms with E-state index in [9.17, 15) is 4.79 Å². The quantitative estimate of drug-likeness (QED) is 0.296. The number of piperazine rings is 1. The molecule has 2 fully saturated rings. The minimum absolute atomic E-state index is 0.0324. The Labute approximate surface area is 265 Å². The lowest BCUT2D eigenvalue weighted by atomic mass is 10.0. The second-order valence-corrected chi connectivity index (χ2v) is 12.5. The van der Waals surface area contributed by atoms with Crippen LogP contribution in [0.1, 0.15) is 42.1 Å². The third-order valence-corrected chi connectivity index (χ3v) is 9.35. The van der Waals surface area contributed by atoms with Gasteiger partial charge in [0.05, 0.1) is 12.2 Å². The van der Waals surface area contributed by atoms with E-state index in [2.05, 4.69) is 65.4 Å². The third kappa shape index (κ3) is 6.40. The first kappa shape index (κ1) is 29.3. The van der Waals surface area contributed by atoms with Gasteiger partial charge in [-0.3, -0.25) is 0 Å². The highest BCUT2D eigenvalue weighted by Gasteiger charge is 2.31. The van der Waals surface area contributed by atoms with Gasteiger partial charge in [-0.05, 0) is 62.2 Å². The molecule has 7 rings (SSSR count). The number of nitrogens with zero attached hydrogens (tertiary/aromatic N) is 5. The Morgan fingerprint density at radius 1 is 0.978 bits per heavy atom. The molecule has 2 atom stereocenters. The number of carbonyl (C=O) groups excluding carboxylic acids is 1. The summed E-state index contributed by atoms with van der Waals surface area (Å²) in [5.74, 6) is 0.938. The normalized spacial score (nSPS) is 19.0. The fourth-order valence-electron chi connectivity index (χ4n) is 6.88. The van der Waals surface area contributed by atoms with Crippen LogP contribution in [-0.2, 0) is 24.3 Å². The van der Waals surface area contributed by atoms with E-state index in [1.54, 1.807) is 4.90 Å². The van der Waals surface area contributed by atoms with E-state index >= 15 is 0 Å². The Morgan fingerprint density at radius 3 is 2.58 bits per heavy atom. The lowest BCUT2D eigenvalue weighted by Gasteiger charge is -2.38. The monoisotopic (exact) mass is 606 g/mol. The van der Waals surface area contributed by atoms with Gasteiger partial charge in [-0.15, -0.1) is 0 Å². The van der Waals surface area contributed by atoms with Crippen molar-refractivity contribution in [3.8, 4) is 6.01 Å². The van der Waals surface area contributed by atoms with Crippen molar-refractivity contribution in [2.45, 2.75) is 58.4 Å². The molecule has 234 valence electrons. The first-order valence-corrected chi connectivity index (χ1v) is 16.3. The summed E-state index contributed by atoms with van der Waals surface area (Å²) in [5, 5.41) is 6.07. The Balaban J connectivity index is 1.12. The first-order valence-electron chi connectivity index (χ1n) is 16.3. The maximum atomic E-state index is 12.9. The zero-order valence-corrected chi connectivity index (χ0v) is 26.2. The summed E-state index contributed by atoms with van der Waals surface area (Å²) in [6, 6.07) is 23.7. The molecule has 45 heavy (non-hydrogen) atoms. The number of anilines is 2. The van der Waals surface area contributed by atoms with Crippen molar-refractivity contribution >= 4 is 28.4 Å². The zero-order chi connectivity index (χ0) is 30.8. The van der Waals surface area contributed by atoms with Crippen LogP contribution < -0.4 is 19.9 Å². The molecule has 3 aliphatic rings. The van der Waals surface area contributed by atoms with Gasteiger partial charge < -0.3 is 29.5 Å². The molecule has 0 radical (unpaired) electrons. The number of carbonyl (C=O) groups is 1. The second-order valence-electron chi connectivity index (χ2n) is 12.5. The van der Waals surface area contributed by atoms with Crippen LogP contribution in [-0.4, -0.2) is 72.4 Å². The minimum atomic E-state index is -0.272. The SMILES string of the molecule is Cc1cc(N2CCc3c(nc(O[C@H](C)[C@H]4CCCN4)nc3N3CCN(C(=O)OCc4ccccc4)CC3)C2)c2ccccc2c1. The average Bonchev–Trinajstić information content (AvgIpc) is 3.62. The van der Waals surface area contributed by atoms with Crippen molar-refractivity contribution in [3.05, 3.63) is 89.1 Å². The van der Waals surface area contributed by atoms with Crippen molar-refractivity contribution < 1.29 is 14.3 Å². The number of aryl methyl sites for hydroxylation is 1. The summed E-state index contributed by atoms with van der Waals surface area (Å²) in [5.41, 5.74) is 5.68. The molecular formula is C36H42N6O3. The second kappa shape index (κ2) is 12.9. The molecule has 0 saturated carbocycles. The molecule has 3 aliphatic heterocycles. The Morgan fingerprint density at radius 2 is 1.78 bits per heavy atom. The Bertz CT molecular complexity index is 1650. The maximum absolute atomic E-state index is 12.9. The molecule has 0 unspecified atom stereocenters. The van der Waals surface area contributed by atoms with Crippen LogP contribution in [0.15, 0.2) is 66.7 Å². The van der Waals surface area contributed by atoms with E-state index < -0.39 is 0 Å². The van der Waals surface area contributed by atoms with Crippen molar-refractivity contribution in [1.82, 2.24) is 20.2 Å². The molecule has 9 heteroatoms. The number of hydrogen-bond acceptors (Lipinski definition) is 8. The molecule has 0 aliphatic carbocycles. The highest BCUT2D eigenvalue weighted by molar-refractivity contribution is 5.95. The van der Waals surface area contributed by atoms with Crippen LogP contribution in [0.25, 0.3) is 10.8 Å². The summed E-state index contributed by atoms with van der Waals surface area (Å²) in [7, 11) is 0. The maximum Gasteiger partial charge on any atom is 0.410 e. The van der Waals surface area contributed by atoms with Crippen LogP contribution >= 0.6 is 0 Å². The number of amides is 1. The smallest absolute Gasteiger partial charge is 0.410 e. The number of nitrogens with one attached hydrogen (secondary N) is 1. The van der Waals surface area contributed by atoms with Crippen LogP contribution in [0.2, 0.25) is 0 Å². The average molecular weight is 607 g/mol. The lowest BCUT2D eigenvalue weighted by molar-refractivity contribution is 0.0940. The molecule has 3 aromatic carbocycles. The molecule has 2 saturated heterocycles. The molecule has 4 heterocycles. The zero-order valence-electron chi connectivity index (χ0n) is 26.2. The van der Waals surface area contributed by atoms with Gasteiger partial charge in [-0.1, -0.05) is 60.7 Å². The third-order valence-electron chi connectivity index (χ3n) is 9.35. The van der Waals surface area contributed by atoms with Gasteiger partial charge in [0.25, 0.3) is 0 Å². The fourth-order valence-corrected chi connectivity index (χ4v) is 6.88. The standard InChI is InChI=1S/C36H42N6O3/c1-25-21-28-11-6-7-12-29(28)33(22-25)42-16-14-30-32(23-42)38-35(45-26(2)31-13-8-15-37-31)39-34(30)40-17-19-41(20-18-40)36(43)44-24-27-9-4-3-5-10-27/h3-7,9-12,21-22,26,31,37H,8,13-20,23-24H2,1-2H3/t26-,31-/m1/s1. The van der Waals surface area contributed by atoms with Gasteiger partial charge in [-0.2, -0.15) is 9.97 Å². The van der Waals surface area contributed by atoms with Gasteiger partial charge >= 0.3 is 12.1 Å². The molecule has 4 aromatic rings. The molecule has 1 N–H and O–H groups in total. The minimum Gasteiger partial charge on any atom is -0.459 e. The van der Waals surface area contributed by atoms with E-state index in [0.717, 1.165) is 49.4 Å². The topological polar surface area (TPSA) is 83.1 Å². The Kier molecular flexibility index (Phi) is 8.43. The van der Waals surface area contributed by atoms with Crippen LogP contribution in [0.3, 0.4) is 0 Å². The summed E-state index contributed by atoms with van der Waals surface area (Å²) in [4.78, 5) is 29.5. The highest BCUT2D eigenvalue weighted by Crippen LogP contribution is 2.35. The molecule has 1 aromatic heterocycles. The lowest BCUT2D eigenvalue weighted by Crippen LogP contribution is -2.49. The largest absolute Gasteiger partial charge is 0.459 e. The van der Waals surface area contributed by atoms with E-state index in [4.69, 9.17) is 19.4 Å². The van der Waals surface area contributed by atoms with E-state index in [-0.39, 0.29) is 18.8 Å². The van der Waals surface area contributed by atoms with E-state index in [0.29, 0.717) is 44.8 Å². The number of hydrogen-bond donors (Lipinski definition) is 1. The van der Waals surface area contributed by atoms with Crippen molar-refractivity contribution in [2.75, 3.05) is 49.1 Å². The van der Waals surface area contributed by atoms with Gasteiger partial charge in [0.1, 0.15) is 18.5 Å². The summed E-state index contributed by atoms with van der Waals surface area (Å²) >= 11 is 0. The van der Waals surface area contributed by atoms with Gasteiger partial charge in [0.2, 0.25) is 0 Å². The summed E-state index contributed by atoms with van der Waals surface area (Å²) < 4.78 is 12.1. The van der Waals surface area contributed by atoms with Crippen molar-refractivity contribution in [1.29, 1.82) is 0 Å². The Hall–Kier alpha value is -4.37. The van der Waals surface area contributed by atoms with Crippen molar-refractivity contribution in [2.24, 2.45) is 0 Å². The van der Waals surface area contributed by atoms with Gasteiger partial charge in [-0.25, -0.2) is 4.79 Å². The number of benzene rings is 3. The van der Waals surface area contributed by atoms with Gasteiger partial charge in [0, 0.05) is 55.4 Å². The number of rotatable bonds is 7. The summed E-state index contributed by atoms with van der Waals surface area (Å²) in [6.45, 7) is 9.64. The predicted octanol–water partition coefficient (Wildman–Crippen LogP) is 5.48. The number of aromatic nitrogens is 2. The molecule has 0 spiro atoms. The fraction of sp³-hybridized carbons (Fsp3) is 0.417. The first-order chi connectivity index (χ1) is 22.0. The predicted molar refractivity (Wildman–Crippen MR) is 177 cm³/mol. The van der Waals surface area contributed by atoms with Crippen LogP contribution in [0, 0.1) is 6.92 Å². The molecular weight excluding hydrogens is 564 g/mol. The van der Waals surface area contributed by atoms with E-state index in [1.165, 1.54) is 27.6 Å². The van der Waals surface area contributed by atoms with E-state index in [1.807, 2.05) is 30.3 Å². The van der Waals surface area contributed by atoms with Crippen LogP contribution in [0.5, 0.6) is 6.01 Å². The molecule has 9 nitrogen and oxygen atoms in total. The van der Waals surface area contributed by atoms with Crippen molar-refractivity contribution in [3.63, 3.8) is 0 Å².